The molecule has 0 atom stereocenters. The number of hydrogen-bond donors (Lipinski definition) is 0. The summed E-state index contributed by atoms with van der Waals surface area (Å²) in [5, 5.41) is 9.18. The third kappa shape index (κ3) is 5.11. The molecule has 1 aromatic heterocycles. The monoisotopic (exact) mass is 538 g/mol. The average molecular weight is 539 g/mol. The highest BCUT2D eigenvalue weighted by Gasteiger charge is 2.31. The summed E-state index contributed by atoms with van der Waals surface area (Å²) in [5.41, 5.74) is 1.39. The first-order valence-corrected chi connectivity index (χ1v) is 12.8. The van der Waals surface area contributed by atoms with E-state index < -0.39 is 10.0 Å². The molecule has 9 nitrogen and oxygen atoms in total. The third-order valence-electron chi connectivity index (χ3n) is 5.68. The second-order valence-corrected chi connectivity index (χ2v) is 10.4. The lowest BCUT2D eigenvalue weighted by molar-refractivity contribution is 0.324. The highest BCUT2D eigenvalue weighted by molar-refractivity contribution is 7.89. The van der Waals surface area contributed by atoms with Crippen molar-refractivity contribution in [1.29, 1.82) is 0 Å². The van der Waals surface area contributed by atoms with Crippen molar-refractivity contribution in [2.24, 2.45) is 0 Å². The van der Waals surface area contributed by atoms with Crippen LogP contribution in [0.2, 0.25) is 10.0 Å². The Morgan fingerprint density at radius 2 is 1.49 bits per heavy atom. The number of rotatable bonds is 7. The molecule has 0 amide bonds. The van der Waals surface area contributed by atoms with Crippen LogP contribution in [0.25, 0.3) is 11.3 Å². The predicted octanol–water partition coefficient (Wildman–Crippen LogP) is 3.99. The minimum absolute atomic E-state index is 0.00890. The van der Waals surface area contributed by atoms with Crippen molar-refractivity contribution in [3.8, 4) is 28.5 Å². The van der Waals surface area contributed by atoms with Gasteiger partial charge in [-0.15, -0.1) is 10.2 Å². The lowest BCUT2D eigenvalue weighted by Gasteiger charge is -2.34. The van der Waals surface area contributed by atoms with Gasteiger partial charge in [0.25, 0.3) is 0 Å². The molecule has 0 N–H and O–H groups in total. The van der Waals surface area contributed by atoms with Gasteiger partial charge in [0.15, 0.2) is 17.3 Å². The summed E-state index contributed by atoms with van der Waals surface area (Å²) in [6.07, 6.45) is 0. The molecule has 0 radical (unpaired) electrons. The van der Waals surface area contributed by atoms with E-state index in [0.717, 1.165) is 5.56 Å². The van der Waals surface area contributed by atoms with Crippen LogP contribution in [0.3, 0.4) is 0 Å². The van der Waals surface area contributed by atoms with E-state index in [0.29, 0.717) is 46.9 Å². The summed E-state index contributed by atoms with van der Waals surface area (Å²) in [6.45, 7) is 1.47. The average Bonchev–Trinajstić information content (AvgIpc) is 2.89. The Hall–Kier alpha value is -2.79. The summed E-state index contributed by atoms with van der Waals surface area (Å²) in [4.78, 5) is 1.99. The minimum atomic E-state index is -3.76. The lowest BCUT2D eigenvalue weighted by Crippen LogP contribution is -2.49. The zero-order valence-electron chi connectivity index (χ0n) is 19.4. The van der Waals surface area contributed by atoms with Crippen molar-refractivity contribution in [2.45, 2.75) is 4.90 Å². The van der Waals surface area contributed by atoms with E-state index in [1.54, 1.807) is 39.5 Å². The van der Waals surface area contributed by atoms with Gasteiger partial charge in [0.05, 0.1) is 32.0 Å². The van der Waals surface area contributed by atoms with Crippen molar-refractivity contribution in [3.63, 3.8) is 0 Å². The number of halogens is 2. The van der Waals surface area contributed by atoms with Crippen LogP contribution in [-0.2, 0) is 10.0 Å². The third-order valence-corrected chi connectivity index (χ3v) is 8.30. The van der Waals surface area contributed by atoms with Crippen molar-refractivity contribution >= 4 is 39.0 Å². The summed E-state index contributed by atoms with van der Waals surface area (Å²) in [7, 11) is 0.886. The Bertz CT molecular complexity index is 1290. The van der Waals surface area contributed by atoms with E-state index >= 15 is 0 Å². The highest BCUT2D eigenvalue weighted by atomic mass is 35.5. The van der Waals surface area contributed by atoms with E-state index in [1.807, 2.05) is 17.0 Å². The molecule has 1 saturated heterocycles. The molecule has 186 valence electrons. The number of ether oxygens (including phenoxy) is 3. The van der Waals surface area contributed by atoms with E-state index in [1.165, 1.54) is 16.4 Å². The Balaban J connectivity index is 1.49. The molecule has 0 bridgehead atoms. The van der Waals surface area contributed by atoms with Gasteiger partial charge in [0, 0.05) is 36.8 Å². The quantitative estimate of drug-likeness (QED) is 0.445. The van der Waals surface area contributed by atoms with Crippen molar-refractivity contribution in [2.75, 3.05) is 52.4 Å². The Kier molecular flexibility index (Phi) is 7.56. The predicted molar refractivity (Wildman–Crippen MR) is 135 cm³/mol. The van der Waals surface area contributed by atoms with Gasteiger partial charge in [-0.3, -0.25) is 0 Å². The first-order valence-electron chi connectivity index (χ1n) is 10.6. The summed E-state index contributed by atoms with van der Waals surface area (Å²) >= 11 is 12.1. The Morgan fingerprint density at radius 3 is 2.03 bits per heavy atom. The van der Waals surface area contributed by atoms with E-state index in [-0.39, 0.29) is 23.0 Å². The number of sulfonamides is 1. The van der Waals surface area contributed by atoms with Gasteiger partial charge in [0.1, 0.15) is 4.90 Å². The molecule has 35 heavy (non-hydrogen) atoms. The molecular formula is C23H24Cl2N4O5S. The van der Waals surface area contributed by atoms with Gasteiger partial charge in [-0.25, -0.2) is 8.42 Å². The van der Waals surface area contributed by atoms with Crippen LogP contribution in [-0.4, -0.2) is 70.4 Å². The van der Waals surface area contributed by atoms with Crippen LogP contribution < -0.4 is 19.1 Å². The molecule has 1 fully saturated rings. The Labute approximate surface area is 214 Å². The molecule has 0 saturated carbocycles. The van der Waals surface area contributed by atoms with E-state index in [9.17, 15) is 8.42 Å². The first-order chi connectivity index (χ1) is 16.8. The molecule has 2 heterocycles. The Morgan fingerprint density at radius 1 is 0.829 bits per heavy atom. The normalized spacial score (nSPS) is 14.6. The second-order valence-electron chi connectivity index (χ2n) is 7.66. The first kappa shape index (κ1) is 25.3. The summed E-state index contributed by atoms with van der Waals surface area (Å²) in [6, 6.07) is 11.7. The molecule has 0 aliphatic carbocycles. The summed E-state index contributed by atoms with van der Waals surface area (Å²) < 4.78 is 43.7. The number of benzene rings is 2. The highest BCUT2D eigenvalue weighted by Crippen LogP contribution is 2.40. The molecule has 4 rings (SSSR count). The standard InChI is InChI=1S/C23H24Cl2N4O5S/c1-32-19-12-15(13-20(33-2)23(19)34-3)18-6-7-22(27-26-18)28-8-10-29(11-9-28)35(30,31)21-14-16(24)4-5-17(21)25/h4-7,12-14H,8-11H2,1-3H3. The minimum Gasteiger partial charge on any atom is -0.493 e. The van der Waals surface area contributed by atoms with Gasteiger partial charge in [-0.2, -0.15) is 4.31 Å². The fraction of sp³-hybridized carbons (Fsp3) is 0.304. The zero-order valence-corrected chi connectivity index (χ0v) is 21.7. The fourth-order valence-corrected chi connectivity index (χ4v) is 6.01. The van der Waals surface area contributed by atoms with E-state index in [2.05, 4.69) is 10.2 Å². The number of nitrogens with zero attached hydrogens (tertiary/aromatic N) is 4. The molecule has 1 aliphatic heterocycles. The van der Waals surface area contributed by atoms with Gasteiger partial charge in [-0.05, 0) is 42.5 Å². The van der Waals surface area contributed by atoms with E-state index in [4.69, 9.17) is 37.4 Å². The number of methoxy groups -OCH3 is 3. The number of piperazine rings is 1. The van der Waals surface area contributed by atoms with Crippen molar-refractivity contribution < 1.29 is 22.6 Å². The smallest absolute Gasteiger partial charge is 0.244 e. The maximum atomic E-state index is 13.1. The number of aromatic nitrogens is 2. The summed E-state index contributed by atoms with van der Waals surface area (Å²) in [5.74, 6) is 2.18. The van der Waals surface area contributed by atoms with Gasteiger partial charge in [-0.1, -0.05) is 23.2 Å². The SMILES string of the molecule is COc1cc(-c2ccc(N3CCN(S(=O)(=O)c4cc(Cl)ccc4Cl)CC3)nn2)cc(OC)c1OC. The van der Waals surface area contributed by atoms with Gasteiger partial charge >= 0.3 is 0 Å². The molecule has 2 aromatic carbocycles. The number of anilines is 1. The van der Waals surface area contributed by atoms with Gasteiger partial charge in [0.2, 0.25) is 15.8 Å². The fourth-order valence-electron chi connectivity index (χ4n) is 3.85. The van der Waals surface area contributed by atoms with Crippen LogP contribution in [0.5, 0.6) is 17.2 Å². The molecule has 3 aromatic rings. The van der Waals surface area contributed by atoms with Crippen LogP contribution in [0.4, 0.5) is 5.82 Å². The molecule has 1 aliphatic rings. The van der Waals surface area contributed by atoms with Crippen molar-refractivity contribution in [3.05, 3.63) is 52.5 Å². The van der Waals surface area contributed by atoms with Crippen LogP contribution >= 0.6 is 23.2 Å². The van der Waals surface area contributed by atoms with Crippen molar-refractivity contribution in [1.82, 2.24) is 14.5 Å². The second kappa shape index (κ2) is 10.4. The maximum Gasteiger partial charge on any atom is 0.244 e. The zero-order chi connectivity index (χ0) is 25.2. The molecule has 0 spiro atoms. The molecule has 12 heteroatoms. The molecule has 0 unspecified atom stereocenters. The lowest BCUT2D eigenvalue weighted by atomic mass is 10.1. The topological polar surface area (TPSA) is 94.1 Å². The molecular weight excluding hydrogens is 515 g/mol. The largest absolute Gasteiger partial charge is 0.493 e. The number of hydrogen-bond acceptors (Lipinski definition) is 8. The van der Waals surface area contributed by atoms with Crippen LogP contribution in [0.15, 0.2) is 47.4 Å². The van der Waals surface area contributed by atoms with Crippen LogP contribution in [0.1, 0.15) is 0 Å². The van der Waals surface area contributed by atoms with Gasteiger partial charge < -0.3 is 19.1 Å². The maximum absolute atomic E-state index is 13.1. The van der Waals surface area contributed by atoms with Crippen LogP contribution in [0, 0.1) is 0 Å².